The van der Waals surface area contributed by atoms with Gasteiger partial charge in [0.05, 0.1) is 16.8 Å². The summed E-state index contributed by atoms with van der Waals surface area (Å²) < 4.78 is 54.0. The first-order valence-corrected chi connectivity index (χ1v) is 13.7. The second-order valence-electron chi connectivity index (χ2n) is 9.20. The fourth-order valence-corrected chi connectivity index (χ4v) is 5.54. The minimum Gasteiger partial charge on any atom is -0.445 e. The maximum Gasteiger partial charge on any atom is 0.264 e. The van der Waals surface area contributed by atoms with E-state index in [1.807, 2.05) is 0 Å². The fraction of sp³-hybridized carbons (Fsp3) is 0.138. The SMILES string of the molecule is Cc1noc(NS(=O)(=O)c2ccccc2-c2ccc(-c3ncco3)cc2CN(C)C(=O)c2cccc(F)c2)c1C. The Morgan fingerprint density at radius 2 is 1.82 bits per heavy atom. The number of hydrogen-bond acceptors (Lipinski definition) is 7. The Bertz CT molecular complexity index is 1800. The van der Waals surface area contributed by atoms with Gasteiger partial charge >= 0.3 is 0 Å². The molecule has 2 heterocycles. The van der Waals surface area contributed by atoms with Crippen molar-refractivity contribution >= 4 is 21.8 Å². The molecule has 3 aromatic carbocycles. The number of benzene rings is 3. The van der Waals surface area contributed by atoms with Crippen LogP contribution >= 0.6 is 0 Å². The van der Waals surface area contributed by atoms with Gasteiger partial charge in [-0.2, -0.15) is 0 Å². The standard InChI is InChI=1S/C29H25FN4O5S/c1-18-19(2)32-39-27(18)33-40(36,37)26-10-5-4-9-25(26)24-12-11-20(28-31-13-14-38-28)15-22(24)17-34(3)29(35)21-7-6-8-23(30)16-21/h4-16,33H,17H2,1-3H3. The summed E-state index contributed by atoms with van der Waals surface area (Å²) in [6, 6.07) is 17.3. The van der Waals surface area contributed by atoms with Crippen LogP contribution in [0.5, 0.6) is 0 Å². The van der Waals surface area contributed by atoms with E-state index in [0.717, 1.165) is 0 Å². The second kappa shape index (κ2) is 10.8. The number of hydrogen-bond donors (Lipinski definition) is 1. The van der Waals surface area contributed by atoms with Gasteiger partial charge in [-0.1, -0.05) is 35.5 Å². The van der Waals surface area contributed by atoms with E-state index in [0.29, 0.717) is 39.4 Å². The number of aryl methyl sites for hydroxylation is 1. The van der Waals surface area contributed by atoms with Gasteiger partial charge in [0.2, 0.25) is 11.8 Å². The molecule has 0 saturated carbocycles. The van der Waals surface area contributed by atoms with Crippen LogP contribution in [-0.2, 0) is 16.6 Å². The number of rotatable bonds is 8. The summed E-state index contributed by atoms with van der Waals surface area (Å²) in [7, 11) is -2.51. The molecule has 11 heteroatoms. The van der Waals surface area contributed by atoms with Crippen molar-refractivity contribution in [3.8, 4) is 22.6 Å². The number of amides is 1. The van der Waals surface area contributed by atoms with E-state index in [-0.39, 0.29) is 22.9 Å². The minimum absolute atomic E-state index is 0.00712. The summed E-state index contributed by atoms with van der Waals surface area (Å²) in [6.07, 6.45) is 2.96. The van der Waals surface area contributed by atoms with Crippen LogP contribution in [0.15, 0.2) is 93.0 Å². The normalized spacial score (nSPS) is 11.4. The Morgan fingerprint density at radius 3 is 2.52 bits per heavy atom. The zero-order valence-electron chi connectivity index (χ0n) is 21.9. The van der Waals surface area contributed by atoms with Crippen molar-refractivity contribution in [2.24, 2.45) is 0 Å². The van der Waals surface area contributed by atoms with Crippen LogP contribution in [0.2, 0.25) is 0 Å². The highest BCUT2D eigenvalue weighted by atomic mass is 32.2. The highest BCUT2D eigenvalue weighted by Gasteiger charge is 2.25. The van der Waals surface area contributed by atoms with E-state index >= 15 is 0 Å². The first-order chi connectivity index (χ1) is 19.1. The van der Waals surface area contributed by atoms with Crippen LogP contribution < -0.4 is 4.72 Å². The van der Waals surface area contributed by atoms with Crippen molar-refractivity contribution in [3.63, 3.8) is 0 Å². The maximum absolute atomic E-state index is 13.8. The summed E-state index contributed by atoms with van der Waals surface area (Å²) in [5.41, 5.74) is 3.58. The lowest BCUT2D eigenvalue weighted by molar-refractivity contribution is 0.0785. The van der Waals surface area contributed by atoms with Gasteiger partial charge in [0.25, 0.3) is 15.9 Å². The first-order valence-electron chi connectivity index (χ1n) is 12.2. The van der Waals surface area contributed by atoms with E-state index < -0.39 is 21.7 Å². The molecule has 0 unspecified atom stereocenters. The van der Waals surface area contributed by atoms with Crippen LogP contribution in [0.3, 0.4) is 0 Å². The summed E-state index contributed by atoms with van der Waals surface area (Å²) in [4.78, 5) is 18.8. The fourth-order valence-electron chi connectivity index (χ4n) is 4.27. The number of aromatic nitrogens is 2. The number of carbonyl (C=O) groups is 1. The van der Waals surface area contributed by atoms with Gasteiger partial charge in [-0.05, 0) is 61.4 Å². The van der Waals surface area contributed by atoms with Gasteiger partial charge in [0.15, 0.2) is 0 Å². The van der Waals surface area contributed by atoms with E-state index in [2.05, 4.69) is 14.9 Å². The summed E-state index contributed by atoms with van der Waals surface area (Å²) in [6.45, 7) is 3.51. The smallest absolute Gasteiger partial charge is 0.264 e. The lowest BCUT2D eigenvalue weighted by atomic mass is 9.96. The van der Waals surface area contributed by atoms with Crippen molar-refractivity contribution in [1.29, 1.82) is 0 Å². The summed E-state index contributed by atoms with van der Waals surface area (Å²) in [5, 5.41) is 3.82. The number of sulfonamides is 1. The first kappa shape index (κ1) is 26.8. The number of nitrogens with zero attached hydrogens (tertiary/aromatic N) is 3. The van der Waals surface area contributed by atoms with Crippen LogP contribution in [0.4, 0.5) is 10.3 Å². The highest BCUT2D eigenvalue weighted by molar-refractivity contribution is 7.92. The van der Waals surface area contributed by atoms with Gasteiger partial charge in [0, 0.05) is 35.8 Å². The molecule has 0 saturated heterocycles. The average molecular weight is 561 g/mol. The Balaban J connectivity index is 1.58. The lowest BCUT2D eigenvalue weighted by Crippen LogP contribution is -2.26. The molecule has 0 aliphatic rings. The minimum atomic E-state index is -4.10. The number of nitrogens with one attached hydrogen (secondary N) is 1. The van der Waals surface area contributed by atoms with Gasteiger partial charge in [0.1, 0.15) is 12.1 Å². The number of anilines is 1. The molecule has 40 heavy (non-hydrogen) atoms. The molecular weight excluding hydrogens is 535 g/mol. The Hall–Kier alpha value is -4.77. The van der Waals surface area contributed by atoms with Crippen molar-refractivity contribution in [3.05, 3.63) is 107 Å². The van der Waals surface area contributed by atoms with Crippen LogP contribution in [-0.4, -0.2) is 36.4 Å². The third-order valence-electron chi connectivity index (χ3n) is 6.46. The molecule has 2 aromatic heterocycles. The molecule has 0 aliphatic carbocycles. The molecule has 0 radical (unpaired) electrons. The van der Waals surface area contributed by atoms with E-state index in [9.17, 15) is 17.6 Å². The van der Waals surface area contributed by atoms with Crippen LogP contribution in [0.25, 0.3) is 22.6 Å². The maximum atomic E-state index is 13.8. The van der Waals surface area contributed by atoms with Crippen molar-refractivity contribution in [1.82, 2.24) is 15.0 Å². The van der Waals surface area contributed by atoms with Crippen molar-refractivity contribution in [2.45, 2.75) is 25.3 Å². The molecule has 5 rings (SSSR count). The Morgan fingerprint density at radius 1 is 1.02 bits per heavy atom. The van der Waals surface area contributed by atoms with Crippen molar-refractivity contribution in [2.75, 3.05) is 11.8 Å². The van der Waals surface area contributed by atoms with Crippen LogP contribution in [0, 0.1) is 19.7 Å². The van der Waals surface area contributed by atoms with Gasteiger partial charge in [-0.25, -0.2) is 22.5 Å². The predicted molar refractivity (Wildman–Crippen MR) is 146 cm³/mol. The quantitative estimate of drug-likeness (QED) is 0.254. The molecule has 0 atom stereocenters. The average Bonchev–Trinajstić information content (AvgIpc) is 3.59. The molecule has 0 bridgehead atoms. The molecule has 0 aliphatic heterocycles. The number of carbonyl (C=O) groups excluding carboxylic acids is 1. The molecule has 0 spiro atoms. The number of oxazole rings is 1. The van der Waals surface area contributed by atoms with Gasteiger partial charge in [-0.15, -0.1) is 0 Å². The molecule has 5 aromatic rings. The Labute approximate surface area is 230 Å². The zero-order valence-corrected chi connectivity index (χ0v) is 22.7. The third kappa shape index (κ3) is 5.36. The summed E-state index contributed by atoms with van der Waals surface area (Å²) in [5.74, 6) is -0.516. The largest absolute Gasteiger partial charge is 0.445 e. The molecule has 1 amide bonds. The van der Waals surface area contributed by atoms with Gasteiger partial charge < -0.3 is 13.8 Å². The van der Waals surface area contributed by atoms with Crippen LogP contribution in [0.1, 0.15) is 27.2 Å². The molecular formula is C29H25FN4O5S. The molecule has 1 N–H and O–H groups in total. The summed E-state index contributed by atoms with van der Waals surface area (Å²) >= 11 is 0. The van der Waals surface area contributed by atoms with Crippen molar-refractivity contribution < 1.29 is 26.5 Å². The molecule has 9 nitrogen and oxygen atoms in total. The number of halogens is 1. The van der Waals surface area contributed by atoms with E-state index in [1.54, 1.807) is 57.3 Å². The zero-order chi connectivity index (χ0) is 28.4. The third-order valence-corrected chi connectivity index (χ3v) is 7.85. The Kier molecular flexibility index (Phi) is 7.22. The predicted octanol–water partition coefficient (Wildman–Crippen LogP) is 5.83. The van der Waals surface area contributed by atoms with Gasteiger partial charge in [-0.3, -0.25) is 4.79 Å². The topological polar surface area (TPSA) is 119 Å². The van der Waals surface area contributed by atoms with E-state index in [4.69, 9.17) is 8.94 Å². The van der Waals surface area contributed by atoms with E-state index in [1.165, 1.54) is 47.7 Å². The highest BCUT2D eigenvalue weighted by Crippen LogP contribution is 2.35. The second-order valence-corrected chi connectivity index (χ2v) is 10.9. The molecule has 0 fully saturated rings. The lowest BCUT2D eigenvalue weighted by Gasteiger charge is -2.21. The molecule has 204 valence electrons. The monoisotopic (exact) mass is 560 g/mol.